The fourth-order valence-electron chi connectivity index (χ4n) is 0.730. The fraction of sp³-hybridized carbons (Fsp3) is 0.125. The Labute approximate surface area is 104 Å². The van der Waals surface area contributed by atoms with Crippen LogP contribution in [-0.2, 0) is 17.4 Å². The molecule has 0 atom stereocenters. The van der Waals surface area contributed by atoms with Crippen LogP contribution in [0.2, 0.25) is 0 Å². The summed E-state index contributed by atoms with van der Waals surface area (Å²) in [6.07, 6.45) is 0. The average molecular weight is 207 g/mol. The van der Waals surface area contributed by atoms with Crippen LogP contribution in [0.25, 0.3) is 0 Å². The van der Waals surface area contributed by atoms with Crippen molar-refractivity contribution in [2.24, 2.45) is 0 Å². The summed E-state index contributed by atoms with van der Waals surface area (Å²) in [5.41, 5.74) is 0.561. The first kappa shape index (κ1) is 13.0. The van der Waals surface area contributed by atoms with Gasteiger partial charge >= 0.3 is 29.6 Å². The first-order valence-corrected chi connectivity index (χ1v) is 3.93. The maximum Gasteiger partial charge on any atom is 1.00 e. The molecule has 2 nitrogen and oxygen atoms in total. The standard InChI is InChI=1S/C8H8FNOS.Na/c9-6-1-3-7(4-2-6)10-8(11)5-12;/h1-4,12H,5H2,(H,10,11);/q;+1/p-1. The third-order valence-electron chi connectivity index (χ3n) is 1.26. The molecule has 1 N–H and O–H groups in total. The summed E-state index contributed by atoms with van der Waals surface area (Å²) in [5, 5.41) is 2.51. The minimum atomic E-state index is -0.327. The summed E-state index contributed by atoms with van der Waals surface area (Å²) < 4.78 is 12.4. The zero-order chi connectivity index (χ0) is 8.97. The molecule has 0 aliphatic carbocycles. The molecule has 0 bridgehead atoms. The monoisotopic (exact) mass is 207 g/mol. The molecule has 1 amide bonds. The maximum absolute atomic E-state index is 12.4. The Morgan fingerprint density at radius 1 is 1.38 bits per heavy atom. The zero-order valence-electron chi connectivity index (χ0n) is 7.21. The van der Waals surface area contributed by atoms with Gasteiger partial charge in [0.05, 0.1) is 0 Å². The summed E-state index contributed by atoms with van der Waals surface area (Å²) >= 11 is 4.51. The molecule has 64 valence electrons. The number of hydrogen-bond donors (Lipinski definition) is 1. The van der Waals surface area contributed by atoms with Crippen LogP contribution in [-0.4, -0.2) is 11.7 Å². The topological polar surface area (TPSA) is 29.1 Å². The van der Waals surface area contributed by atoms with E-state index in [9.17, 15) is 9.18 Å². The van der Waals surface area contributed by atoms with E-state index in [0.29, 0.717) is 5.69 Å². The average Bonchev–Trinajstić information content (AvgIpc) is 2.09. The van der Waals surface area contributed by atoms with Crippen LogP contribution in [0.5, 0.6) is 0 Å². The van der Waals surface area contributed by atoms with Crippen molar-refractivity contribution in [1.82, 2.24) is 0 Å². The second-order valence-electron chi connectivity index (χ2n) is 2.20. The third kappa shape index (κ3) is 4.67. The largest absolute Gasteiger partial charge is 1.00 e. The zero-order valence-corrected chi connectivity index (χ0v) is 10.0. The molecule has 1 aromatic rings. The van der Waals surface area contributed by atoms with E-state index in [0.717, 1.165) is 0 Å². The number of halogens is 1. The number of hydrogen-bond acceptors (Lipinski definition) is 2. The minimum absolute atomic E-state index is 0. The molecule has 0 aliphatic rings. The summed E-state index contributed by atoms with van der Waals surface area (Å²) in [6, 6.07) is 5.52. The van der Waals surface area contributed by atoms with E-state index in [2.05, 4.69) is 17.9 Å². The third-order valence-corrected chi connectivity index (χ3v) is 1.52. The van der Waals surface area contributed by atoms with E-state index in [1.54, 1.807) is 0 Å². The molecule has 0 aliphatic heterocycles. The van der Waals surface area contributed by atoms with Crippen molar-refractivity contribution in [1.29, 1.82) is 0 Å². The summed E-state index contributed by atoms with van der Waals surface area (Å²) in [7, 11) is 0. The molecule has 0 aromatic heterocycles. The molecule has 0 fully saturated rings. The van der Waals surface area contributed by atoms with E-state index in [1.807, 2.05) is 0 Å². The van der Waals surface area contributed by atoms with E-state index >= 15 is 0 Å². The first-order chi connectivity index (χ1) is 5.72. The molecule has 1 aromatic carbocycles. The second kappa shape index (κ2) is 6.43. The SMILES string of the molecule is O=C(C[S-])Nc1ccc(F)cc1.[Na+]. The number of nitrogens with one attached hydrogen (secondary N) is 1. The van der Waals surface area contributed by atoms with Gasteiger partial charge in [-0.1, -0.05) is 5.75 Å². The summed E-state index contributed by atoms with van der Waals surface area (Å²) in [5.74, 6) is -0.569. The molecule has 0 heterocycles. The summed E-state index contributed by atoms with van der Waals surface area (Å²) in [4.78, 5) is 10.8. The van der Waals surface area contributed by atoms with Gasteiger partial charge in [-0.15, -0.1) is 0 Å². The van der Waals surface area contributed by atoms with Gasteiger partial charge in [-0.2, -0.15) is 0 Å². The fourth-order valence-corrected chi connectivity index (χ4v) is 0.802. The Balaban J connectivity index is 0.00000144. The molecule has 0 radical (unpaired) electrons. The Morgan fingerprint density at radius 3 is 2.38 bits per heavy atom. The normalized spacial score (nSPS) is 8.77. The smallest absolute Gasteiger partial charge is 0.783 e. The van der Waals surface area contributed by atoms with Gasteiger partial charge in [-0.05, 0) is 24.3 Å². The van der Waals surface area contributed by atoms with Crippen LogP contribution in [0.1, 0.15) is 0 Å². The quantitative estimate of drug-likeness (QED) is 0.463. The van der Waals surface area contributed by atoms with Crippen LogP contribution in [0.3, 0.4) is 0 Å². The van der Waals surface area contributed by atoms with Crippen LogP contribution >= 0.6 is 0 Å². The van der Waals surface area contributed by atoms with Crippen molar-refractivity contribution in [3.63, 3.8) is 0 Å². The number of carbonyl (C=O) groups excluding carboxylic acids is 1. The number of amides is 1. The van der Waals surface area contributed by atoms with Crippen molar-refractivity contribution >= 4 is 24.2 Å². The molecular weight excluding hydrogens is 200 g/mol. The molecule has 0 saturated carbocycles. The van der Waals surface area contributed by atoms with Crippen molar-refractivity contribution in [3.05, 3.63) is 30.1 Å². The Bertz CT molecular complexity index is 278. The minimum Gasteiger partial charge on any atom is -0.783 e. The van der Waals surface area contributed by atoms with Crippen LogP contribution in [0, 0.1) is 5.82 Å². The molecule has 0 saturated heterocycles. The van der Waals surface area contributed by atoms with Crippen LogP contribution < -0.4 is 34.9 Å². The molecule has 13 heavy (non-hydrogen) atoms. The van der Waals surface area contributed by atoms with Crippen LogP contribution in [0.4, 0.5) is 10.1 Å². The van der Waals surface area contributed by atoms with Gasteiger partial charge in [-0.25, -0.2) is 4.39 Å². The van der Waals surface area contributed by atoms with Crippen molar-refractivity contribution in [3.8, 4) is 0 Å². The van der Waals surface area contributed by atoms with Gasteiger partial charge in [0.15, 0.2) is 5.91 Å². The van der Waals surface area contributed by atoms with E-state index in [4.69, 9.17) is 0 Å². The molecule has 5 heteroatoms. The first-order valence-electron chi connectivity index (χ1n) is 3.36. The Morgan fingerprint density at radius 2 is 1.92 bits per heavy atom. The van der Waals surface area contributed by atoms with Crippen LogP contribution in [0.15, 0.2) is 24.3 Å². The van der Waals surface area contributed by atoms with Crippen molar-refractivity contribution in [2.75, 3.05) is 11.1 Å². The maximum atomic E-state index is 12.4. The molecule has 1 rings (SSSR count). The molecule has 0 spiro atoms. The van der Waals surface area contributed by atoms with Gasteiger partial charge in [0.2, 0.25) is 0 Å². The number of carbonyl (C=O) groups is 1. The van der Waals surface area contributed by atoms with Crippen molar-refractivity contribution < 1.29 is 38.7 Å². The number of rotatable bonds is 2. The van der Waals surface area contributed by atoms with E-state index in [1.165, 1.54) is 24.3 Å². The van der Waals surface area contributed by atoms with Gasteiger partial charge in [0, 0.05) is 5.69 Å². The number of benzene rings is 1. The van der Waals surface area contributed by atoms with E-state index in [-0.39, 0.29) is 47.0 Å². The summed E-state index contributed by atoms with van der Waals surface area (Å²) in [6.45, 7) is 0. The Kier molecular flexibility index (Phi) is 6.41. The van der Waals surface area contributed by atoms with Gasteiger partial charge < -0.3 is 17.9 Å². The van der Waals surface area contributed by atoms with Gasteiger partial charge in [-0.3, -0.25) is 4.79 Å². The molecular formula is C8H7FNNaOS. The predicted octanol–water partition coefficient (Wildman–Crippen LogP) is -1.68. The van der Waals surface area contributed by atoms with Gasteiger partial charge in [0.1, 0.15) is 5.82 Å². The Hall–Kier alpha value is -0.0300. The van der Waals surface area contributed by atoms with Gasteiger partial charge in [0.25, 0.3) is 0 Å². The second-order valence-corrected chi connectivity index (χ2v) is 2.49. The predicted molar refractivity (Wildman–Crippen MR) is 47.3 cm³/mol. The van der Waals surface area contributed by atoms with E-state index < -0.39 is 0 Å². The molecule has 0 unspecified atom stereocenters. The van der Waals surface area contributed by atoms with Crippen molar-refractivity contribution in [2.45, 2.75) is 0 Å². The number of anilines is 1.